The zero-order chi connectivity index (χ0) is 23.1. The average molecular weight is 434 g/mol. The Morgan fingerprint density at radius 1 is 0.844 bits per heavy atom. The van der Waals surface area contributed by atoms with Gasteiger partial charge in [0.05, 0.1) is 0 Å². The third kappa shape index (κ3) is 6.57. The number of carbonyl (C=O) groups is 3. The molecule has 7 heteroatoms. The van der Waals surface area contributed by atoms with Gasteiger partial charge in [-0.1, -0.05) is 48.5 Å². The van der Waals surface area contributed by atoms with E-state index in [0.29, 0.717) is 17.8 Å². The van der Waals surface area contributed by atoms with E-state index in [4.69, 9.17) is 4.74 Å². The zero-order valence-electron chi connectivity index (χ0n) is 18.4. The number of hydrogen-bond acceptors (Lipinski definition) is 4. The van der Waals surface area contributed by atoms with Gasteiger partial charge < -0.3 is 20.7 Å². The topological polar surface area (TPSA) is 96.5 Å². The molecule has 0 heterocycles. The van der Waals surface area contributed by atoms with Crippen LogP contribution in [0.4, 0.5) is 10.5 Å². The molecule has 0 aliphatic carbocycles. The van der Waals surface area contributed by atoms with Crippen LogP contribution in [0.3, 0.4) is 0 Å². The maximum absolute atomic E-state index is 12.6. The molecule has 3 amide bonds. The first-order chi connectivity index (χ1) is 15.2. The molecule has 3 aromatic carbocycles. The van der Waals surface area contributed by atoms with E-state index in [2.05, 4.69) is 16.0 Å². The smallest absolute Gasteiger partial charge is 0.408 e. The van der Waals surface area contributed by atoms with Gasteiger partial charge in [0.25, 0.3) is 5.91 Å². The Bertz CT molecular complexity index is 1110. The largest absolute Gasteiger partial charge is 0.444 e. The normalized spacial score (nSPS) is 11.0. The Kier molecular flexibility index (Phi) is 7.10. The lowest BCUT2D eigenvalue weighted by Crippen LogP contribution is -2.37. The molecule has 0 aliphatic rings. The molecule has 7 nitrogen and oxygen atoms in total. The highest BCUT2D eigenvalue weighted by molar-refractivity contribution is 6.07. The van der Waals surface area contributed by atoms with Crippen molar-refractivity contribution in [1.29, 1.82) is 0 Å². The van der Waals surface area contributed by atoms with Crippen molar-refractivity contribution in [1.82, 2.24) is 10.6 Å². The Labute approximate surface area is 187 Å². The molecule has 0 aromatic heterocycles. The minimum absolute atomic E-state index is 0.146. The minimum atomic E-state index is -0.648. The Morgan fingerprint density at radius 3 is 2.25 bits per heavy atom. The number of hydrogen-bond donors (Lipinski definition) is 3. The number of nitrogens with one attached hydrogen (secondary N) is 3. The number of fused-ring (bicyclic) bond motifs is 1. The second-order valence-corrected chi connectivity index (χ2v) is 8.31. The molecule has 0 spiro atoms. The van der Waals surface area contributed by atoms with Crippen LogP contribution >= 0.6 is 0 Å². The van der Waals surface area contributed by atoms with Crippen LogP contribution in [-0.4, -0.2) is 30.1 Å². The van der Waals surface area contributed by atoms with Crippen LogP contribution in [0.15, 0.2) is 66.7 Å². The van der Waals surface area contributed by atoms with Crippen LogP contribution in [0.2, 0.25) is 0 Å². The molecule has 0 saturated heterocycles. The molecule has 3 N–H and O–H groups in total. The molecule has 0 unspecified atom stereocenters. The molecule has 0 fully saturated rings. The molecule has 0 saturated carbocycles. The molecular formula is C25H27N3O4. The van der Waals surface area contributed by atoms with E-state index in [0.717, 1.165) is 16.3 Å². The highest BCUT2D eigenvalue weighted by Crippen LogP contribution is 2.18. The summed E-state index contributed by atoms with van der Waals surface area (Å²) in [7, 11) is 0. The quantitative estimate of drug-likeness (QED) is 0.542. The monoisotopic (exact) mass is 433 g/mol. The van der Waals surface area contributed by atoms with Crippen LogP contribution in [0.25, 0.3) is 10.8 Å². The molecule has 3 aromatic rings. The Hall–Kier alpha value is -3.87. The fraction of sp³-hybridized carbons (Fsp3) is 0.240. The van der Waals surface area contributed by atoms with Gasteiger partial charge in [-0.05, 0) is 55.3 Å². The maximum Gasteiger partial charge on any atom is 0.408 e. The average Bonchev–Trinajstić information content (AvgIpc) is 2.75. The van der Waals surface area contributed by atoms with Crippen molar-refractivity contribution in [2.24, 2.45) is 0 Å². The second-order valence-electron chi connectivity index (χ2n) is 8.31. The lowest BCUT2D eigenvalue weighted by Gasteiger charge is -2.19. The van der Waals surface area contributed by atoms with Crippen molar-refractivity contribution < 1.29 is 19.1 Å². The molecule has 0 radical (unpaired) electrons. The van der Waals surface area contributed by atoms with E-state index >= 15 is 0 Å². The van der Waals surface area contributed by atoms with Gasteiger partial charge in [-0.25, -0.2) is 4.79 Å². The summed E-state index contributed by atoms with van der Waals surface area (Å²) >= 11 is 0. The van der Waals surface area contributed by atoms with Crippen molar-refractivity contribution in [2.75, 3.05) is 11.9 Å². The first-order valence-electron chi connectivity index (χ1n) is 10.3. The highest BCUT2D eigenvalue weighted by Gasteiger charge is 2.16. The van der Waals surface area contributed by atoms with E-state index in [1.165, 1.54) is 0 Å². The predicted molar refractivity (Wildman–Crippen MR) is 124 cm³/mol. The number of benzene rings is 3. The zero-order valence-corrected chi connectivity index (χ0v) is 18.4. The molecule has 32 heavy (non-hydrogen) atoms. The van der Waals surface area contributed by atoms with Crippen LogP contribution in [0.5, 0.6) is 0 Å². The summed E-state index contributed by atoms with van der Waals surface area (Å²) < 4.78 is 5.09. The van der Waals surface area contributed by atoms with E-state index in [9.17, 15) is 14.4 Å². The van der Waals surface area contributed by atoms with Crippen LogP contribution in [0, 0.1) is 0 Å². The summed E-state index contributed by atoms with van der Waals surface area (Å²) in [5.74, 6) is -0.514. The van der Waals surface area contributed by atoms with Gasteiger partial charge >= 0.3 is 6.09 Å². The molecule has 166 valence electrons. The van der Waals surface area contributed by atoms with Crippen LogP contribution in [-0.2, 0) is 16.1 Å². The summed E-state index contributed by atoms with van der Waals surface area (Å²) in [6.45, 7) is 5.41. The third-order valence-corrected chi connectivity index (χ3v) is 4.52. The van der Waals surface area contributed by atoms with Crippen molar-refractivity contribution in [3.8, 4) is 0 Å². The SMILES string of the molecule is CC(C)(C)OC(=O)NCC(=O)Nc1ccc(CNC(=O)c2cccc3ccccc23)cc1. The first kappa shape index (κ1) is 22.8. The Morgan fingerprint density at radius 2 is 1.53 bits per heavy atom. The minimum Gasteiger partial charge on any atom is -0.444 e. The fourth-order valence-electron chi connectivity index (χ4n) is 3.08. The highest BCUT2D eigenvalue weighted by atomic mass is 16.6. The standard InChI is InChI=1S/C25H27N3O4/c1-25(2,3)32-24(31)27-16-22(29)28-19-13-11-17(12-14-19)15-26-23(30)21-10-6-8-18-7-4-5-9-20(18)21/h4-14H,15-16H2,1-3H3,(H,26,30)(H,27,31)(H,28,29). The van der Waals surface area contributed by atoms with Crippen molar-refractivity contribution in [3.63, 3.8) is 0 Å². The molecule has 3 rings (SSSR count). The lowest BCUT2D eigenvalue weighted by atomic mass is 10.0. The third-order valence-electron chi connectivity index (χ3n) is 4.52. The van der Waals surface area contributed by atoms with Crippen molar-refractivity contribution >= 4 is 34.4 Å². The summed E-state index contributed by atoms with van der Waals surface area (Å²) in [4.78, 5) is 36.3. The number of alkyl carbamates (subject to hydrolysis) is 1. The van der Waals surface area contributed by atoms with Gasteiger partial charge in [0.15, 0.2) is 0 Å². The van der Waals surface area contributed by atoms with E-state index in [1.54, 1.807) is 32.9 Å². The van der Waals surface area contributed by atoms with Gasteiger partial charge in [0.1, 0.15) is 12.1 Å². The first-order valence-corrected chi connectivity index (χ1v) is 10.3. The van der Waals surface area contributed by atoms with E-state index < -0.39 is 11.7 Å². The molecule has 0 bridgehead atoms. The number of carbonyl (C=O) groups excluding carboxylic acids is 3. The Balaban J connectivity index is 1.50. The van der Waals surface area contributed by atoms with Gasteiger partial charge in [-0.15, -0.1) is 0 Å². The fourth-order valence-corrected chi connectivity index (χ4v) is 3.08. The van der Waals surface area contributed by atoms with Gasteiger partial charge in [-0.3, -0.25) is 9.59 Å². The van der Waals surface area contributed by atoms with E-state index in [-0.39, 0.29) is 18.4 Å². The lowest BCUT2D eigenvalue weighted by molar-refractivity contribution is -0.115. The predicted octanol–water partition coefficient (Wildman–Crippen LogP) is 4.23. The van der Waals surface area contributed by atoms with E-state index in [1.807, 2.05) is 54.6 Å². The maximum atomic E-state index is 12.6. The van der Waals surface area contributed by atoms with Gasteiger partial charge in [0, 0.05) is 17.8 Å². The number of rotatable bonds is 6. The summed E-state index contributed by atoms with van der Waals surface area (Å²) in [6, 6.07) is 20.5. The van der Waals surface area contributed by atoms with Gasteiger partial charge in [0.2, 0.25) is 5.91 Å². The van der Waals surface area contributed by atoms with Crippen LogP contribution < -0.4 is 16.0 Å². The second kappa shape index (κ2) is 9.96. The summed E-state index contributed by atoms with van der Waals surface area (Å²) in [5, 5.41) is 9.97. The summed E-state index contributed by atoms with van der Waals surface area (Å²) in [5.41, 5.74) is 1.48. The summed E-state index contributed by atoms with van der Waals surface area (Å²) in [6.07, 6.45) is -0.648. The van der Waals surface area contributed by atoms with Crippen molar-refractivity contribution in [3.05, 3.63) is 77.9 Å². The van der Waals surface area contributed by atoms with Crippen molar-refractivity contribution in [2.45, 2.75) is 32.9 Å². The number of ether oxygens (including phenoxy) is 1. The number of amides is 3. The van der Waals surface area contributed by atoms with Crippen LogP contribution in [0.1, 0.15) is 36.7 Å². The van der Waals surface area contributed by atoms with Gasteiger partial charge in [-0.2, -0.15) is 0 Å². The molecular weight excluding hydrogens is 406 g/mol. The molecule has 0 aliphatic heterocycles. The number of anilines is 1. The molecule has 0 atom stereocenters.